The summed E-state index contributed by atoms with van der Waals surface area (Å²) in [5.74, 6) is -0.931. The van der Waals surface area contributed by atoms with Crippen molar-refractivity contribution in [1.29, 1.82) is 0 Å². The lowest BCUT2D eigenvalue weighted by molar-refractivity contribution is -0.154. The number of ether oxygens (including phenoxy) is 1. The first-order valence-electron chi connectivity index (χ1n) is 9.50. The summed E-state index contributed by atoms with van der Waals surface area (Å²) in [7, 11) is 0. The van der Waals surface area contributed by atoms with E-state index >= 15 is 0 Å². The lowest BCUT2D eigenvalue weighted by atomic mass is 10.1. The van der Waals surface area contributed by atoms with Crippen molar-refractivity contribution in [3.8, 4) is 0 Å². The fourth-order valence-electron chi connectivity index (χ4n) is 2.63. The number of carbonyl (C=O) groups excluding carboxylic acids is 3. The number of hydrogen-bond acceptors (Lipinski definition) is 5. The van der Waals surface area contributed by atoms with Crippen molar-refractivity contribution in [2.45, 2.75) is 31.9 Å². The molecule has 0 aliphatic heterocycles. The first kappa shape index (κ1) is 20.9. The molecule has 7 heteroatoms. The van der Waals surface area contributed by atoms with Gasteiger partial charge < -0.3 is 15.4 Å². The molecule has 2 aromatic rings. The number of rotatable bonds is 9. The molecule has 3 rings (SSSR count). The van der Waals surface area contributed by atoms with Gasteiger partial charge in [-0.15, -0.1) is 11.8 Å². The van der Waals surface area contributed by atoms with Crippen molar-refractivity contribution in [1.82, 2.24) is 5.32 Å². The summed E-state index contributed by atoms with van der Waals surface area (Å²) in [6.45, 7) is 1.97. The number of anilines is 1. The maximum Gasteiger partial charge on any atom is 0.317 e. The molecule has 0 unspecified atom stereocenters. The van der Waals surface area contributed by atoms with Gasteiger partial charge in [-0.2, -0.15) is 0 Å². The van der Waals surface area contributed by atoms with Gasteiger partial charge in [-0.05, 0) is 31.9 Å². The van der Waals surface area contributed by atoms with Crippen LogP contribution in [0.5, 0.6) is 0 Å². The molecule has 0 aromatic heterocycles. The van der Waals surface area contributed by atoms with E-state index in [0.717, 1.165) is 30.2 Å². The maximum absolute atomic E-state index is 12.5. The molecule has 0 bridgehead atoms. The Labute approximate surface area is 174 Å². The maximum atomic E-state index is 12.5. The average molecular weight is 413 g/mol. The largest absolute Gasteiger partial charge is 0.447 e. The van der Waals surface area contributed by atoms with Crippen LogP contribution in [0.25, 0.3) is 0 Å². The zero-order valence-corrected chi connectivity index (χ0v) is 17.0. The van der Waals surface area contributed by atoms with Crippen LogP contribution in [0, 0.1) is 6.92 Å². The molecule has 0 spiro atoms. The molecular formula is C22H24N2O4S. The smallest absolute Gasteiger partial charge is 0.317 e. The second-order valence-electron chi connectivity index (χ2n) is 6.97. The van der Waals surface area contributed by atoms with Gasteiger partial charge in [-0.3, -0.25) is 14.4 Å². The van der Waals surface area contributed by atoms with E-state index in [9.17, 15) is 14.4 Å². The average Bonchev–Trinajstić information content (AvgIpc) is 3.52. The van der Waals surface area contributed by atoms with Crippen LogP contribution in [0.4, 0.5) is 5.69 Å². The Morgan fingerprint density at radius 2 is 1.72 bits per heavy atom. The number of aryl methyl sites for hydroxylation is 1. The number of amides is 2. The molecule has 0 saturated heterocycles. The lowest BCUT2D eigenvalue weighted by Crippen LogP contribution is -2.34. The molecule has 1 fully saturated rings. The SMILES string of the molecule is Cc1ccc(NC(=O)CSCC(=O)O[C@@H](C(=O)NC2CC2)c2ccccc2)cc1. The van der Waals surface area contributed by atoms with E-state index in [-0.39, 0.29) is 29.4 Å². The molecule has 2 aromatic carbocycles. The van der Waals surface area contributed by atoms with E-state index in [1.165, 1.54) is 0 Å². The Morgan fingerprint density at radius 1 is 1.03 bits per heavy atom. The predicted octanol–water partition coefficient (Wildman–Crippen LogP) is 3.23. The fourth-order valence-corrected chi connectivity index (χ4v) is 3.23. The highest BCUT2D eigenvalue weighted by Gasteiger charge is 2.30. The van der Waals surface area contributed by atoms with E-state index in [0.29, 0.717) is 11.3 Å². The number of carbonyl (C=O) groups is 3. The fraction of sp³-hybridized carbons (Fsp3) is 0.318. The molecule has 6 nitrogen and oxygen atoms in total. The molecule has 1 atom stereocenters. The first-order chi connectivity index (χ1) is 14.0. The number of thioether (sulfide) groups is 1. The van der Waals surface area contributed by atoms with Crippen LogP contribution < -0.4 is 10.6 Å². The highest BCUT2D eigenvalue weighted by Crippen LogP contribution is 2.23. The van der Waals surface area contributed by atoms with Gasteiger partial charge in [0.1, 0.15) is 0 Å². The third kappa shape index (κ3) is 6.94. The summed E-state index contributed by atoms with van der Waals surface area (Å²) in [6.07, 6.45) is 0.923. The molecule has 0 heterocycles. The molecule has 1 aliphatic carbocycles. The van der Waals surface area contributed by atoms with Gasteiger partial charge in [0.15, 0.2) is 0 Å². The van der Waals surface area contributed by atoms with Crippen molar-refractivity contribution in [3.05, 3.63) is 65.7 Å². The van der Waals surface area contributed by atoms with Crippen molar-refractivity contribution >= 4 is 35.2 Å². The van der Waals surface area contributed by atoms with Crippen LogP contribution in [-0.4, -0.2) is 35.3 Å². The second-order valence-corrected chi connectivity index (χ2v) is 7.96. The Morgan fingerprint density at radius 3 is 2.38 bits per heavy atom. The van der Waals surface area contributed by atoms with Crippen molar-refractivity contribution in [2.75, 3.05) is 16.8 Å². The predicted molar refractivity (Wildman–Crippen MR) is 114 cm³/mol. The van der Waals surface area contributed by atoms with Gasteiger partial charge in [0, 0.05) is 17.3 Å². The monoisotopic (exact) mass is 412 g/mol. The highest BCUT2D eigenvalue weighted by molar-refractivity contribution is 8.00. The summed E-state index contributed by atoms with van der Waals surface area (Å²) < 4.78 is 5.44. The normalized spacial score (nSPS) is 14.0. The quantitative estimate of drug-likeness (QED) is 0.618. The van der Waals surface area contributed by atoms with Crippen molar-refractivity contribution in [3.63, 3.8) is 0 Å². The summed E-state index contributed by atoms with van der Waals surface area (Å²) in [4.78, 5) is 36.7. The molecule has 2 N–H and O–H groups in total. The van der Waals surface area contributed by atoms with Crippen LogP contribution in [-0.2, 0) is 19.1 Å². The Balaban J connectivity index is 1.47. The van der Waals surface area contributed by atoms with Gasteiger partial charge in [0.2, 0.25) is 12.0 Å². The van der Waals surface area contributed by atoms with Gasteiger partial charge in [0.25, 0.3) is 5.91 Å². The van der Waals surface area contributed by atoms with Gasteiger partial charge >= 0.3 is 5.97 Å². The standard InChI is InChI=1S/C22H24N2O4S/c1-15-7-9-17(10-8-15)23-19(25)13-29-14-20(26)28-21(16-5-3-2-4-6-16)22(27)24-18-11-12-18/h2-10,18,21H,11-14H2,1H3,(H,23,25)(H,24,27)/t21-/m1/s1. The molecule has 1 saturated carbocycles. The number of benzene rings is 2. The Bertz CT molecular complexity index is 851. The topological polar surface area (TPSA) is 84.5 Å². The Kier molecular flexibility index (Phi) is 7.30. The van der Waals surface area contributed by atoms with Crippen LogP contribution in [0.1, 0.15) is 30.1 Å². The molecule has 2 amide bonds. The minimum Gasteiger partial charge on any atom is -0.447 e. The molecule has 0 radical (unpaired) electrons. The number of nitrogens with one attached hydrogen (secondary N) is 2. The molecule has 152 valence electrons. The minimum absolute atomic E-state index is 0.0125. The highest BCUT2D eigenvalue weighted by atomic mass is 32.2. The van der Waals surface area contributed by atoms with Crippen molar-refractivity contribution in [2.24, 2.45) is 0 Å². The molecule has 1 aliphatic rings. The van der Waals surface area contributed by atoms with E-state index in [1.54, 1.807) is 24.3 Å². The van der Waals surface area contributed by atoms with Gasteiger partial charge in [-0.25, -0.2) is 0 Å². The van der Waals surface area contributed by atoms with Crippen LogP contribution in [0.15, 0.2) is 54.6 Å². The van der Waals surface area contributed by atoms with Crippen molar-refractivity contribution < 1.29 is 19.1 Å². The summed E-state index contributed by atoms with van der Waals surface area (Å²) in [6, 6.07) is 16.6. The van der Waals surface area contributed by atoms with E-state index in [4.69, 9.17) is 4.74 Å². The van der Waals surface area contributed by atoms with E-state index < -0.39 is 12.1 Å². The summed E-state index contributed by atoms with van der Waals surface area (Å²) in [5.41, 5.74) is 2.45. The van der Waals surface area contributed by atoms with Crippen LogP contribution in [0.3, 0.4) is 0 Å². The van der Waals surface area contributed by atoms with Crippen LogP contribution in [0.2, 0.25) is 0 Å². The third-order valence-corrected chi connectivity index (χ3v) is 5.21. The number of esters is 1. The number of hydrogen-bond donors (Lipinski definition) is 2. The summed E-state index contributed by atoms with van der Waals surface area (Å²) in [5, 5.41) is 5.66. The minimum atomic E-state index is -0.980. The first-order valence-corrected chi connectivity index (χ1v) is 10.7. The lowest BCUT2D eigenvalue weighted by Gasteiger charge is -2.18. The van der Waals surface area contributed by atoms with Gasteiger partial charge in [0.05, 0.1) is 11.5 Å². The van der Waals surface area contributed by atoms with E-state index in [2.05, 4.69) is 10.6 Å². The summed E-state index contributed by atoms with van der Waals surface area (Å²) >= 11 is 1.15. The van der Waals surface area contributed by atoms with Crippen LogP contribution >= 0.6 is 11.8 Å². The third-order valence-electron chi connectivity index (χ3n) is 4.30. The van der Waals surface area contributed by atoms with E-state index in [1.807, 2.05) is 37.3 Å². The Hall–Kier alpha value is -2.80. The molecule has 29 heavy (non-hydrogen) atoms. The zero-order chi connectivity index (χ0) is 20.6. The van der Waals surface area contributed by atoms with Gasteiger partial charge in [-0.1, -0.05) is 48.0 Å². The molecular weight excluding hydrogens is 388 g/mol. The second kappa shape index (κ2) is 10.1. The zero-order valence-electron chi connectivity index (χ0n) is 16.2.